The van der Waals surface area contributed by atoms with E-state index in [9.17, 15) is 4.79 Å². The van der Waals surface area contributed by atoms with E-state index in [4.69, 9.17) is 11.6 Å². The first-order chi connectivity index (χ1) is 12.0. The van der Waals surface area contributed by atoms with Crippen molar-refractivity contribution in [1.82, 2.24) is 14.0 Å². The summed E-state index contributed by atoms with van der Waals surface area (Å²) in [5.74, 6) is 0. The molecule has 0 radical (unpaired) electrons. The van der Waals surface area contributed by atoms with Crippen LogP contribution in [0.1, 0.15) is 11.1 Å². The number of halogens is 1. The lowest BCUT2D eigenvalue weighted by molar-refractivity contribution is 0.941. The van der Waals surface area contributed by atoms with E-state index >= 15 is 0 Å². The molecule has 0 N–H and O–H groups in total. The zero-order chi connectivity index (χ0) is 17.6. The van der Waals surface area contributed by atoms with Crippen molar-refractivity contribution in [2.45, 2.75) is 13.8 Å². The van der Waals surface area contributed by atoms with Gasteiger partial charge in [0, 0.05) is 29.2 Å². The Morgan fingerprint density at radius 2 is 1.76 bits per heavy atom. The Morgan fingerprint density at radius 3 is 2.52 bits per heavy atom. The minimum absolute atomic E-state index is 0.175. The van der Waals surface area contributed by atoms with Crippen molar-refractivity contribution >= 4 is 17.2 Å². The lowest BCUT2D eigenvalue weighted by atomic mass is 10.1. The van der Waals surface area contributed by atoms with Crippen LogP contribution >= 0.6 is 11.6 Å². The smallest absolute Gasteiger partial charge is 0.298 e. The van der Waals surface area contributed by atoms with Crippen LogP contribution < -0.4 is 5.56 Å². The van der Waals surface area contributed by atoms with E-state index in [1.165, 1.54) is 5.56 Å². The molecule has 0 atom stereocenters. The number of imidazole rings is 1. The van der Waals surface area contributed by atoms with E-state index in [1.54, 1.807) is 15.2 Å². The third-order valence-electron chi connectivity index (χ3n) is 4.36. The van der Waals surface area contributed by atoms with Crippen molar-refractivity contribution in [3.8, 4) is 16.9 Å². The van der Waals surface area contributed by atoms with E-state index < -0.39 is 0 Å². The molecule has 0 unspecified atom stereocenters. The van der Waals surface area contributed by atoms with Crippen LogP contribution in [0, 0.1) is 13.8 Å². The fourth-order valence-corrected chi connectivity index (χ4v) is 3.06. The zero-order valence-corrected chi connectivity index (χ0v) is 14.7. The van der Waals surface area contributed by atoms with Crippen LogP contribution in [0.25, 0.3) is 22.6 Å². The zero-order valence-electron chi connectivity index (χ0n) is 13.9. The van der Waals surface area contributed by atoms with Gasteiger partial charge in [-0.3, -0.25) is 9.36 Å². The van der Waals surface area contributed by atoms with Crippen molar-refractivity contribution < 1.29 is 0 Å². The van der Waals surface area contributed by atoms with Crippen LogP contribution in [0.5, 0.6) is 0 Å². The van der Waals surface area contributed by atoms with Gasteiger partial charge in [-0.15, -0.1) is 0 Å². The van der Waals surface area contributed by atoms with Gasteiger partial charge in [0.2, 0.25) is 5.65 Å². The number of aryl methyl sites for hydroxylation is 1. The van der Waals surface area contributed by atoms with Gasteiger partial charge in [-0.25, -0.2) is 4.98 Å². The molecule has 5 heteroatoms. The molecule has 0 bridgehead atoms. The molecule has 0 aliphatic rings. The Kier molecular flexibility index (Phi) is 3.70. The Balaban J connectivity index is 1.90. The summed E-state index contributed by atoms with van der Waals surface area (Å²) < 4.78 is 3.34. The monoisotopic (exact) mass is 349 g/mol. The summed E-state index contributed by atoms with van der Waals surface area (Å²) in [5.41, 5.74) is 4.78. The van der Waals surface area contributed by atoms with Gasteiger partial charge >= 0.3 is 0 Å². The highest BCUT2D eigenvalue weighted by Crippen LogP contribution is 2.22. The average Bonchev–Trinajstić information content (AvgIpc) is 3.04. The molecule has 0 spiro atoms. The molecule has 0 fully saturated rings. The Bertz CT molecular complexity index is 1140. The van der Waals surface area contributed by atoms with Crippen LogP contribution in [-0.2, 0) is 0 Å². The molecule has 2 aromatic carbocycles. The largest absolute Gasteiger partial charge is 0.300 e. The van der Waals surface area contributed by atoms with Gasteiger partial charge < -0.3 is 4.40 Å². The van der Waals surface area contributed by atoms with Crippen molar-refractivity contribution in [3.05, 3.63) is 87.6 Å². The van der Waals surface area contributed by atoms with Crippen molar-refractivity contribution in [3.63, 3.8) is 0 Å². The number of nitrogens with zero attached hydrogens (tertiary/aromatic N) is 3. The molecule has 0 amide bonds. The number of hydrogen-bond acceptors (Lipinski definition) is 2. The Morgan fingerprint density at radius 1 is 1.00 bits per heavy atom. The summed E-state index contributed by atoms with van der Waals surface area (Å²) in [6, 6.07) is 13.6. The van der Waals surface area contributed by atoms with Crippen LogP contribution in [0.3, 0.4) is 0 Å². The van der Waals surface area contributed by atoms with Gasteiger partial charge in [0.1, 0.15) is 0 Å². The summed E-state index contributed by atoms with van der Waals surface area (Å²) >= 11 is 6.19. The fraction of sp³-hybridized carbons (Fsp3) is 0.100. The van der Waals surface area contributed by atoms with Crippen molar-refractivity contribution in [2.75, 3.05) is 0 Å². The minimum atomic E-state index is -0.175. The number of aromatic nitrogens is 3. The normalized spacial score (nSPS) is 11.2. The standard InChI is InChI=1S/C20H16ClN3O/c1-13-6-8-15(9-7-13)17-12-23-10-11-24(20(25)19(23)22-17)18-5-3-4-16(21)14(18)2/h3-12H,1-2H3. The molecule has 4 nitrogen and oxygen atoms in total. The molecule has 4 rings (SSSR count). The Hall–Kier alpha value is -2.85. The van der Waals surface area contributed by atoms with Crippen molar-refractivity contribution in [1.29, 1.82) is 0 Å². The highest BCUT2D eigenvalue weighted by Gasteiger charge is 2.12. The van der Waals surface area contributed by atoms with Gasteiger partial charge in [-0.1, -0.05) is 47.5 Å². The van der Waals surface area contributed by atoms with E-state index in [1.807, 2.05) is 68.7 Å². The molecular formula is C20H16ClN3O. The summed E-state index contributed by atoms with van der Waals surface area (Å²) in [5, 5.41) is 0.632. The summed E-state index contributed by atoms with van der Waals surface area (Å²) in [6.07, 6.45) is 5.45. The summed E-state index contributed by atoms with van der Waals surface area (Å²) in [4.78, 5) is 17.5. The van der Waals surface area contributed by atoms with Crippen LogP contribution in [0.4, 0.5) is 0 Å². The van der Waals surface area contributed by atoms with Gasteiger partial charge in [0.25, 0.3) is 5.56 Å². The quantitative estimate of drug-likeness (QED) is 0.537. The maximum atomic E-state index is 12.9. The van der Waals surface area contributed by atoms with Crippen molar-refractivity contribution in [2.24, 2.45) is 0 Å². The SMILES string of the molecule is Cc1ccc(-c2cn3ccn(-c4cccc(Cl)c4C)c(=O)c3n2)cc1. The van der Waals surface area contributed by atoms with E-state index in [0.29, 0.717) is 10.7 Å². The molecule has 0 saturated heterocycles. The first kappa shape index (κ1) is 15.7. The molecule has 25 heavy (non-hydrogen) atoms. The maximum Gasteiger partial charge on any atom is 0.298 e. The first-order valence-electron chi connectivity index (χ1n) is 7.97. The second-order valence-electron chi connectivity index (χ2n) is 6.08. The number of benzene rings is 2. The van der Waals surface area contributed by atoms with E-state index in [-0.39, 0.29) is 5.56 Å². The number of rotatable bonds is 2. The average molecular weight is 350 g/mol. The molecule has 4 aromatic rings. The number of hydrogen-bond donors (Lipinski definition) is 0. The molecule has 2 aromatic heterocycles. The first-order valence-corrected chi connectivity index (χ1v) is 8.35. The molecule has 0 aliphatic carbocycles. The number of fused-ring (bicyclic) bond motifs is 1. The van der Waals surface area contributed by atoms with E-state index in [2.05, 4.69) is 4.98 Å². The van der Waals surface area contributed by atoms with Crippen LogP contribution in [0.15, 0.2) is 65.8 Å². The minimum Gasteiger partial charge on any atom is -0.300 e. The summed E-state index contributed by atoms with van der Waals surface area (Å²) in [6.45, 7) is 3.94. The molecule has 124 valence electrons. The molecule has 0 aliphatic heterocycles. The lowest BCUT2D eigenvalue weighted by Crippen LogP contribution is -2.20. The predicted octanol–water partition coefficient (Wildman–Crippen LogP) is 4.42. The lowest BCUT2D eigenvalue weighted by Gasteiger charge is -2.10. The van der Waals surface area contributed by atoms with Gasteiger partial charge in [0.05, 0.1) is 11.4 Å². The van der Waals surface area contributed by atoms with Gasteiger partial charge in [-0.05, 0) is 31.5 Å². The van der Waals surface area contributed by atoms with Gasteiger partial charge in [0.15, 0.2) is 0 Å². The highest BCUT2D eigenvalue weighted by atomic mass is 35.5. The molecular weight excluding hydrogens is 334 g/mol. The second-order valence-corrected chi connectivity index (χ2v) is 6.49. The third-order valence-corrected chi connectivity index (χ3v) is 4.77. The van der Waals surface area contributed by atoms with Crippen LogP contribution in [-0.4, -0.2) is 14.0 Å². The van der Waals surface area contributed by atoms with E-state index in [0.717, 1.165) is 22.5 Å². The third kappa shape index (κ3) is 2.65. The van der Waals surface area contributed by atoms with Crippen LogP contribution in [0.2, 0.25) is 5.02 Å². The van der Waals surface area contributed by atoms with Gasteiger partial charge in [-0.2, -0.15) is 0 Å². The Labute approximate surface area is 150 Å². The summed E-state index contributed by atoms with van der Waals surface area (Å²) in [7, 11) is 0. The maximum absolute atomic E-state index is 12.9. The fourth-order valence-electron chi connectivity index (χ4n) is 2.89. The molecule has 2 heterocycles. The second kappa shape index (κ2) is 5.90. The predicted molar refractivity (Wildman–Crippen MR) is 101 cm³/mol. The molecule has 0 saturated carbocycles. The topological polar surface area (TPSA) is 39.3 Å². The highest BCUT2D eigenvalue weighted by molar-refractivity contribution is 6.31.